The Labute approximate surface area is 436 Å². The standard InChI is InChI=1S/C55H67ClF2N12O4/c1-33(32-73-40-14-20-67(21-15-40)53-60-27-37(28-61-53)50(72)63-51-54(3,4)52(55(51,5)6)74-41-11-10-36(26-59)45(56)24-41)66-18-12-39(13-19-66)70-46-16-22-68(34(2)71)31-44(46)49(64-70)69-17-8-9-35-23-42(38-29-62-65(7)30-38)43(48(57)58)25-47(35)69/h10-11,23-25,27-30,33,39-40,48,51-52H,8-9,12-22,31-32H2,1-7H3,(H,63,72). The van der Waals surface area contributed by atoms with Crippen LogP contribution in [-0.2, 0) is 36.0 Å². The number of amides is 2. The minimum absolute atomic E-state index is 0.0153. The van der Waals surface area contributed by atoms with Crippen molar-refractivity contribution in [1.29, 1.82) is 5.26 Å². The molecule has 1 atom stereocenters. The number of nitrogens with zero attached hydrogens (tertiary/aromatic N) is 11. The molecule has 2 aromatic carbocycles. The number of halogens is 3. The third-order valence-electron chi connectivity index (χ3n) is 16.5. The molecule has 0 bridgehead atoms. The predicted molar refractivity (Wildman–Crippen MR) is 278 cm³/mol. The summed E-state index contributed by atoms with van der Waals surface area (Å²) in [4.78, 5) is 44.1. The fourth-order valence-corrected chi connectivity index (χ4v) is 12.9. The maximum atomic E-state index is 14.8. The van der Waals surface area contributed by atoms with Crippen LogP contribution in [0.5, 0.6) is 5.75 Å². The van der Waals surface area contributed by atoms with Crippen LogP contribution in [0.15, 0.2) is 55.1 Å². The van der Waals surface area contributed by atoms with Crippen LogP contribution in [0, 0.1) is 22.2 Å². The largest absolute Gasteiger partial charge is 0.489 e. The summed E-state index contributed by atoms with van der Waals surface area (Å²) in [6.07, 6.45) is 9.68. The van der Waals surface area contributed by atoms with Gasteiger partial charge in [-0.05, 0) is 80.8 Å². The Kier molecular flexibility index (Phi) is 14.2. The van der Waals surface area contributed by atoms with Crippen molar-refractivity contribution in [1.82, 2.24) is 44.6 Å². The van der Waals surface area contributed by atoms with Crippen molar-refractivity contribution in [2.75, 3.05) is 55.7 Å². The van der Waals surface area contributed by atoms with Gasteiger partial charge in [-0.1, -0.05) is 39.3 Å². The Morgan fingerprint density at radius 2 is 1.69 bits per heavy atom. The summed E-state index contributed by atoms with van der Waals surface area (Å²) in [5, 5.41) is 22.4. The Morgan fingerprint density at radius 1 is 0.959 bits per heavy atom. The number of nitrogens with one attached hydrogen (secondary N) is 1. The first kappa shape index (κ1) is 51.3. The second kappa shape index (κ2) is 20.5. The van der Waals surface area contributed by atoms with Gasteiger partial charge in [0.15, 0.2) is 5.82 Å². The van der Waals surface area contributed by atoms with E-state index in [9.17, 15) is 23.6 Å². The lowest BCUT2D eigenvalue weighted by Crippen LogP contribution is -2.74. The highest BCUT2D eigenvalue weighted by Crippen LogP contribution is 2.56. The molecule has 1 aliphatic carbocycles. The minimum Gasteiger partial charge on any atom is -0.489 e. The van der Waals surface area contributed by atoms with Gasteiger partial charge in [-0.15, -0.1) is 0 Å². The minimum atomic E-state index is -2.67. The van der Waals surface area contributed by atoms with Gasteiger partial charge in [0.25, 0.3) is 12.3 Å². The number of nitriles is 1. The number of hydrogen-bond acceptors (Lipinski definition) is 12. The van der Waals surface area contributed by atoms with Gasteiger partial charge in [0.05, 0.1) is 47.6 Å². The Balaban J connectivity index is 0.718. The van der Waals surface area contributed by atoms with Crippen LogP contribution in [0.1, 0.15) is 124 Å². The predicted octanol–water partition coefficient (Wildman–Crippen LogP) is 8.85. The number of hydrogen-bond donors (Lipinski definition) is 1. The summed E-state index contributed by atoms with van der Waals surface area (Å²) in [6, 6.07) is 10.9. The van der Waals surface area contributed by atoms with Gasteiger partial charge in [0, 0.05) is 135 Å². The van der Waals surface area contributed by atoms with Gasteiger partial charge in [0.1, 0.15) is 17.9 Å². The molecule has 10 rings (SSSR count). The van der Waals surface area contributed by atoms with Crippen molar-refractivity contribution in [3.63, 3.8) is 0 Å². The first-order valence-electron chi connectivity index (χ1n) is 26.1. The number of rotatable bonds is 13. The molecule has 19 heteroatoms. The highest BCUT2D eigenvalue weighted by Gasteiger charge is 2.64. The monoisotopic (exact) mass is 1030 g/mol. The van der Waals surface area contributed by atoms with Crippen molar-refractivity contribution in [2.45, 2.75) is 130 Å². The molecule has 74 heavy (non-hydrogen) atoms. The zero-order valence-corrected chi connectivity index (χ0v) is 44.2. The van der Waals surface area contributed by atoms with Crippen molar-refractivity contribution in [3.05, 3.63) is 93.7 Å². The number of anilines is 3. The fraction of sp³-hybridized carbons (Fsp3) is 0.545. The average molecular weight is 1030 g/mol. The van der Waals surface area contributed by atoms with Crippen LogP contribution in [0.25, 0.3) is 11.1 Å². The Morgan fingerprint density at radius 3 is 2.34 bits per heavy atom. The number of aromatic nitrogens is 6. The molecule has 5 aromatic rings. The number of fused-ring (bicyclic) bond motifs is 2. The SMILES string of the molecule is CC(=O)N1CCc2c(c(N3CCCc4cc(-c5cnn(C)c5)c(C(F)F)cc43)nn2C2CCN(C(C)COC3CCN(c4ncc(C(=O)NC5C(C)(C)C(Oc6ccc(C#N)c(Cl)c6)C5(C)C)cn4)CC3)CC2)C1. The van der Waals surface area contributed by atoms with Gasteiger partial charge < -0.3 is 29.5 Å². The summed E-state index contributed by atoms with van der Waals surface area (Å²) in [6.45, 7) is 17.7. The summed E-state index contributed by atoms with van der Waals surface area (Å²) in [7, 11) is 1.79. The number of piperidine rings is 2. The van der Waals surface area contributed by atoms with Crippen molar-refractivity contribution in [2.24, 2.45) is 17.9 Å². The Hall–Kier alpha value is -6.16. The first-order valence-corrected chi connectivity index (χ1v) is 26.5. The maximum absolute atomic E-state index is 14.8. The molecule has 7 heterocycles. The van der Waals surface area contributed by atoms with Crippen molar-refractivity contribution in [3.8, 4) is 22.9 Å². The molecule has 1 N–H and O–H groups in total. The lowest BCUT2D eigenvalue weighted by atomic mass is 9.49. The third-order valence-corrected chi connectivity index (χ3v) is 16.8. The molecule has 2 amide bonds. The van der Waals surface area contributed by atoms with E-state index < -0.39 is 17.3 Å². The summed E-state index contributed by atoms with van der Waals surface area (Å²) in [5.74, 6) is 1.72. The molecule has 1 unspecified atom stereocenters. The van der Waals surface area contributed by atoms with Crippen molar-refractivity contribution < 1.29 is 27.8 Å². The molecule has 16 nitrogen and oxygen atoms in total. The lowest BCUT2D eigenvalue weighted by molar-refractivity contribution is -0.164. The van der Waals surface area contributed by atoms with Crippen LogP contribution < -0.4 is 19.9 Å². The smallest absolute Gasteiger partial charge is 0.264 e. The zero-order chi connectivity index (χ0) is 52.2. The molecule has 0 spiro atoms. The van der Waals surface area contributed by atoms with E-state index in [0.717, 1.165) is 93.0 Å². The van der Waals surface area contributed by atoms with E-state index >= 15 is 0 Å². The number of aryl methyl sites for hydroxylation is 2. The fourth-order valence-electron chi connectivity index (χ4n) is 12.7. The van der Waals surface area contributed by atoms with E-state index in [1.165, 1.54) is 0 Å². The summed E-state index contributed by atoms with van der Waals surface area (Å²) >= 11 is 6.27. The molecule has 5 aliphatic rings. The van der Waals surface area contributed by atoms with Gasteiger partial charge in [-0.2, -0.15) is 15.5 Å². The van der Waals surface area contributed by atoms with Crippen LogP contribution in [0.4, 0.5) is 26.2 Å². The number of benzene rings is 2. The number of carbonyl (C=O) groups is 2. The van der Waals surface area contributed by atoms with Crippen LogP contribution in [0.3, 0.4) is 0 Å². The molecule has 392 valence electrons. The third kappa shape index (κ3) is 9.83. The molecule has 3 aromatic heterocycles. The van der Waals surface area contributed by atoms with Crippen LogP contribution in [0.2, 0.25) is 5.02 Å². The highest BCUT2D eigenvalue weighted by atomic mass is 35.5. The van der Waals surface area contributed by atoms with Gasteiger partial charge in [-0.25, -0.2) is 18.7 Å². The number of alkyl halides is 2. The molecule has 2 saturated heterocycles. The Bertz CT molecular complexity index is 2920. The van der Waals surface area contributed by atoms with E-state index in [1.54, 1.807) is 67.7 Å². The first-order chi connectivity index (χ1) is 35.4. The molecular weight excluding hydrogens is 966 g/mol. The van der Waals surface area contributed by atoms with Gasteiger partial charge >= 0.3 is 0 Å². The molecule has 3 fully saturated rings. The van der Waals surface area contributed by atoms with E-state index in [2.05, 4.69) is 80.5 Å². The molecular formula is C55H67ClF2N12O4. The zero-order valence-electron chi connectivity index (χ0n) is 43.5. The van der Waals surface area contributed by atoms with Gasteiger partial charge in [0.2, 0.25) is 11.9 Å². The number of ether oxygens (including phenoxy) is 2. The average Bonchev–Trinajstić information content (AvgIpc) is 4.02. The molecule has 0 radical (unpaired) electrons. The van der Waals surface area contributed by atoms with E-state index in [1.807, 2.05) is 11.0 Å². The summed E-state index contributed by atoms with van der Waals surface area (Å²) in [5.41, 5.74) is 5.07. The van der Waals surface area contributed by atoms with Crippen LogP contribution in [-0.4, -0.2) is 121 Å². The second-order valence-electron chi connectivity index (χ2n) is 22.1. The van der Waals surface area contributed by atoms with Crippen LogP contribution >= 0.6 is 11.6 Å². The van der Waals surface area contributed by atoms with E-state index in [4.69, 9.17) is 26.2 Å². The van der Waals surface area contributed by atoms with Gasteiger partial charge in [-0.3, -0.25) is 23.9 Å². The molecule has 4 aliphatic heterocycles. The number of carbonyl (C=O) groups excluding carboxylic acids is 2. The molecule has 1 saturated carbocycles. The highest BCUT2D eigenvalue weighted by molar-refractivity contribution is 6.31. The van der Waals surface area contributed by atoms with E-state index in [0.29, 0.717) is 71.6 Å². The lowest BCUT2D eigenvalue weighted by Gasteiger charge is -2.63. The quantitative estimate of drug-likeness (QED) is 0.119. The second-order valence-corrected chi connectivity index (χ2v) is 22.5. The maximum Gasteiger partial charge on any atom is 0.264 e. The summed E-state index contributed by atoms with van der Waals surface area (Å²) < 4.78 is 46.4. The van der Waals surface area contributed by atoms with E-state index in [-0.39, 0.29) is 47.7 Å². The number of likely N-dealkylation sites (tertiary alicyclic amines) is 1. The van der Waals surface area contributed by atoms with Crippen molar-refractivity contribution >= 4 is 40.9 Å². The topological polar surface area (TPSA) is 163 Å². The normalized spacial score (nSPS) is 21.4.